The Kier molecular flexibility index (Phi) is 3.86. The second kappa shape index (κ2) is 5.41. The van der Waals surface area contributed by atoms with E-state index in [4.69, 9.17) is 0 Å². The van der Waals surface area contributed by atoms with E-state index in [1.807, 2.05) is 31.2 Å². The molecule has 2 aromatic rings. The van der Waals surface area contributed by atoms with Crippen LogP contribution >= 0.6 is 0 Å². The summed E-state index contributed by atoms with van der Waals surface area (Å²) >= 11 is 0. The number of carboxylic acid groups (broad SMARTS) is 1. The fourth-order valence-electron chi connectivity index (χ4n) is 2.09. The molecule has 100 valence electrons. The molecule has 2 rings (SSSR count). The lowest BCUT2D eigenvalue weighted by molar-refractivity contribution is -0.144. The summed E-state index contributed by atoms with van der Waals surface area (Å²) < 4.78 is 0. The monoisotopic (exact) mass is 257 g/mol. The minimum absolute atomic E-state index is 0.549. The van der Waals surface area contributed by atoms with Crippen LogP contribution in [0.2, 0.25) is 0 Å². The molecule has 1 unspecified atom stereocenters. The first-order valence-corrected chi connectivity index (χ1v) is 6.52. The molecule has 0 spiro atoms. The Morgan fingerprint density at radius 1 is 1.21 bits per heavy atom. The SMILES string of the molecule is CCC(C)(NCc1cccc2ccccc12)C(=O)O. The van der Waals surface area contributed by atoms with Gasteiger partial charge in [-0.2, -0.15) is 0 Å². The first kappa shape index (κ1) is 13.6. The number of aliphatic carboxylic acids is 1. The maximum absolute atomic E-state index is 11.3. The fourth-order valence-corrected chi connectivity index (χ4v) is 2.09. The number of rotatable bonds is 5. The molecule has 3 nitrogen and oxygen atoms in total. The van der Waals surface area contributed by atoms with Gasteiger partial charge in [0, 0.05) is 6.54 Å². The van der Waals surface area contributed by atoms with Crippen molar-refractivity contribution in [1.29, 1.82) is 0 Å². The summed E-state index contributed by atoms with van der Waals surface area (Å²) in [5.74, 6) is -0.810. The van der Waals surface area contributed by atoms with Crippen molar-refractivity contribution in [2.24, 2.45) is 0 Å². The molecule has 0 bridgehead atoms. The van der Waals surface area contributed by atoms with E-state index in [0.29, 0.717) is 13.0 Å². The molecule has 0 amide bonds. The van der Waals surface area contributed by atoms with E-state index in [9.17, 15) is 9.90 Å². The molecule has 0 saturated carbocycles. The van der Waals surface area contributed by atoms with E-state index < -0.39 is 11.5 Å². The molecule has 0 aliphatic carbocycles. The summed E-state index contributed by atoms with van der Waals surface area (Å²) in [6, 6.07) is 14.2. The van der Waals surface area contributed by atoms with Crippen molar-refractivity contribution >= 4 is 16.7 Å². The first-order chi connectivity index (χ1) is 9.07. The molecule has 0 aliphatic rings. The van der Waals surface area contributed by atoms with Gasteiger partial charge in [-0.15, -0.1) is 0 Å². The van der Waals surface area contributed by atoms with Crippen molar-refractivity contribution in [2.45, 2.75) is 32.4 Å². The highest BCUT2D eigenvalue weighted by Crippen LogP contribution is 2.19. The molecule has 0 aliphatic heterocycles. The van der Waals surface area contributed by atoms with Crippen LogP contribution in [0.4, 0.5) is 0 Å². The predicted octanol–water partition coefficient (Wildman–Crippen LogP) is 3.18. The minimum atomic E-state index is -0.878. The number of fused-ring (bicyclic) bond motifs is 1. The summed E-state index contributed by atoms with van der Waals surface area (Å²) in [7, 11) is 0. The van der Waals surface area contributed by atoms with Crippen LogP contribution in [0.1, 0.15) is 25.8 Å². The second-order valence-electron chi connectivity index (χ2n) is 4.98. The zero-order chi connectivity index (χ0) is 13.9. The number of hydrogen-bond donors (Lipinski definition) is 2. The van der Waals surface area contributed by atoms with Crippen molar-refractivity contribution in [2.75, 3.05) is 0 Å². The maximum atomic E-state index is 11.3. The highest BCUT2D eigenvalue weighted by Gasteiger charge is 2.30. The van der Waals surface area contributed by atoms with Crippen LogP contribution in [0.25, 0.3) is 10.8 Å². The van der Waals surface area contributed by atoms with Gasteiger partial charge in [0.15, 0.2) is 0 Å². The molecule has 0 fully saturated rings. The third-order valence-electron chi connectivity index (χ3n) is 3.73. The number of nitrogens with one attached hydrogen (secondary N) is 1. The molecule has 1 atom stereocenters. The van der Waals surface area contributed by atoms with E-state index in [1.165, 1.54) is 10.8 Å². The average molecular weight is 257 g/mol. The summed E-state index contributed by atoms with van der Waals surface area (Å²) in [5.41, 5.74) is 0.246. The lowest BCUT2D eigenvalue weighted by Gasteiger charge is -2.25. The molecular formula is C16H19NO2. The molecule has 0 radical (unpaired) electrons. The largest absolute Gasteiger partial charge is 0.480 e. The Morgan fingerprint density at radius 3 is 2.58 bits per heavy atom. The molecule has 0 saturated heterocycles. The Labute approximate surface area is 113 Å². The zero-order valence-corrected chi connectivity index (χ0v) is 11.3. The van der Waals surface area contributed by atoms with Gasteiger partial charge in [0.05, 0.1) is 0 Å². The highest BCUT2D eigenvalue weighted by molar-refractivity contribution is 5.85. The van der Waals surface area contributed by atoms with Crippen LogP contribution in [0.15, 0.2) is 42.5 Å². The lowest BCUT2D eigenvalue weighted by atomic mass is 9.98. The minimum Gasteiger partial charge on any atom is -0.480 e. The fraction of sp³-hybridized carbons (Fsp3) is 0.312. The Bertz CT molecular complexity index is 589. The van der Waals surface area contributed by atoms with Gasteiger partial charge in [0.1, 0.15) is 5.54 Å². The van der Waals surface area contributed by atoms with Crippen LogP contribution < -0.4 is 5.32 Å². The third kappa shape index (κ3) is 2.76. The molecule has 0 aromatic heterocycles. The maximum Gasteiger partial charge on any atom is 0.323 e. The summed E-state index contributed by atoms with van der Waals surface area (Å²) in [5, 5.41) is 14.8. The van der Waals surface area contributed by atoms with E-state index in [-0.39, 0.29) is 0 Å². The van der Waals surface area contributed by atoms with Gasteiger partial charge < -0.3 is 5.11 Å². The van der Waals surface area contributed by atoms with Crippen molar-refractivity contribution in [3.63, 3.8) is 0 Å². The van der Waals surface area contributed by atoms with Crippen LogP contribution in [-0.2, 0) is 11.3 Å². The molecular weight excluding hydrogens is 238 g/mol. The van der Waals surface area contributed by atoms with Crippen LogP contribution in [0.5, 0.6) is 0 Å². The standard InChI is InChI=1S/C16H19NO2/c1-3-16(2,15(18)19)17-11-13-9-6-8-12-7-4-5-10-14(12)13/h4-10,17H,3,11H2,1-2H3,(H,18,19). The molecule has 2 aromatic carbocycles. The van der Waals surface area contributed by atoms with Gasteiger partial charge in [-0.05, 0) is 29.7 Å². The van der Waals surface area contributed by atoms with Crippen LogP contribution in [0.3, 0.4) is 0 Å². The van der Waals surface area contributed by atoms with Gasteiger partial charge >= 0.3 is 5.97 Å². The summed E-state index contributed by atoms with van der Waals surface area (Å²) in [6.45, 7) is 4.16. The van der Waals surface area contributed by atoms with E-state index in [0.717, 1.165) is 5.56 Å². The Hall–Kier alpha value is -1.87. The first-order valence-electron chi connectivity index (χ1n) is 6.52. The second-order valence-corrected chi connectivity index (χ2v) is 4.98. The highest BCUT2D eigenvalue weighted by atomic mass is 16.4. The molecule has 2 N–H and O–H groups in total. The number of hydrogen-bond acceptors (Lipinski definition) is 2. The lowest BCUT2D eigenvalue weighted by Crippen LogP contribution is -2.48. The summed E-state index contributed by atoms with van der Waals surface area (Å²) in [4.78, 5) is 11.3. The zero-order valence-electron chi connectivity index (χ0n) is 11.3. The van der Waals surface area contributed by atoms with Crippen molar-refractivity contribution in [3.8, 4) is 0 Å². The van der Waals surface area contributed by atoms with Gasteiger partial charge in [0.2, 0.25) is 0 Å². The van der Waals surface area contributed by atoms with Crippen LogP contribution in [0, 0.1) is 0 Å². The summed E-state index contributed by atoms with van der Waals surface area (Å²) in [6.07, 6.45) is 0.549. The number of carbonyl (C=O) groups is 1. The van der Waals surface area contributed by atoms with Gasteiger partial charge in [-0.3, -0.25) is 10.1 Å². The Balaban J connectivity index is 2.25. The normalized spacial score (nSPS) is 14.2. The predicted molar refractivity (Wildman–Crippen MR) is 77.1 cm³/mol. The van der Waals surface area contributed by atoms with E-state index >= 15 is 0 Å². The smallest absolute Gasteiger partial charge is 0.323 e. The van der Waals surface area contributed by atoms with Gasteiger partial charge in [-0.1, -0.05) is 49.4 Å². The van der Waals surface area contributed by atoms with Crippen LogP contribution in [-0.4, -0.2) is 16.6 Å². The Morgan fingerprint density at radius 2 is 1.89 bits per heavy atom. The van der Waals surface area contributed by atoms with Crippen molar-refractivity contribution in [1.82, 2.24) is 5.32 Å². The third-order valence-corrected chi connectivity index (χ3v) is 3.73. The number of benzene rings is 2. The van der Waals surface area contributed by atoms with E-state index in [2.05, 4.69) is 23.5 Å². The van der Waals surface area contributed by atoms with E-state index in [1.54, 1.807) is 6.92 Å². The number of carboxylic acids is 1. The van der Waals surface area contributed by atoms with Crippen molar-refractivity contribution < 1.29 is 9.90 Å². The molecule has 19 heavy (non-hydrogen) atoms. The average Bonchev–Trinajstić information content (AvgIpc) is 2.44. The molecule has 0 heterocycles. The van der Waals surface area contributed by atoms with Gasteiger partial charge in [0.25, 0.3) is 0 Å². The quantitative estimate of drug-likeness (QED) is 0.865. The van der Waals surface area contributed by atoms with Crippen molar-refractivity contribution in [3.05, 3.63) is 48.0 Å². The molecule has 3 heteroatoms. The van der Waals surface area contributed by atoms with Gasteiger partial charge in [-0.25, -0.2) is 0 Å². The topological polar surface area (TPSA) is 49.3 Å².